The summed E-state index contributed by atoms with van der Waals surface area (Å²) in [5.74, 6) is 0.186. The number of hydrogen-bond donors (Lipinski definition) is 1. The van der Waals surface area contributed by atoms with Crippen LogP contribution in [-0.2, 0) is 28.6 Å². The summed E-state index contributed by atoms with van der Waals surface area (Å²) in [6.07, 6.45) is 1.57. The Kier molecular flexibility index (Phi) is 7.71. The number of anilines is 1. The molecule has 4 aromatic rings. The molecule has 0 aliphatic carbocycles. The zero-order chi connectivity index (χ0) is 23.0. The molecule has 0 saturated heterocycles. The minimum atomic E-state index is -1.42. The molecule has 0 radical (unpaired) electrons. The number of hydrogen-bond acceptors (Lipinski definition) is 2. The lowest BCUT2D eigenvalue weighted by atomic mass is 10.0. The summed E-state index contributed by atoms with van der Waals surface area (Å²) in [7, 11) is -1.42. The van der Waals surface area contributed by atoms with Gasteiger partial charge in [0, 0.05) is 23.6 Å². The van der Waals surface area contributed by atoms with E-state index in [9.17, 15) is 9.00 Å². The maximum absolute atomic E-state index is 13.0. The van der Waals surface area contributed by atoms with E-state index < -0.39 is 11.0 Å². The van der Waals surface area contributed by atoms with Gasteiger partial charge in [0.25, 0.3) is 0 Å². The smallest absolute Gasteiger partial charge is 0.150 e. The lowest BCUT2D eigenvalue weighted by Crippen LogP contribution is -2.07. The largest absolute Gasteiger partial charge is 0.301 e. The summed E-state index contributed by atoms with van der Waals surface area (Å²) in [4.78, 5) is 13.1. The van der Waals surface area contributed by atoms with Crippen molar-refractivity contribution in [2.45, 2.75) is 24.2 Å². The minimum Gasteiger partial charge on any atom is -0.301 e. The van der Waals surface area contributed by atoms with Crippen molar-refractivity contribution < 1.29 is 9.00 Å². The second-order valence-electron chi connectivity index (χ2n) is 7.77. The fraction of sp³-hybridized carbons (Fsp3) is 0.107. The number of nitrogens with one attached hydrogen (secondary N) is 1. The van der Waals surface area contributed by atoms with Gasteiger partial charge in [-0.15, -0.1) is 0 Å². The van der Waals surface area contributed by atoms with E-state index in [-0.39, 0.29) is 5.78 Å². The average Bonchev–Trinajstić information content (AvgIpc) is 2.85. The highest BCUT2D eigenvalue weighted by Crippen LogP contribution is 2.27. The Morgan fingerprint density at radius 2 is 1.39 bits per heavy atom. The second kappa shape index (κ2) is 11.1. The van der Waals surface area contributed by atoms with Crippen LogP contribution in [0.2, 0.25) is 5.02 Å². The van der Waals surface area contributed by atoms with Gasteiger partial charge in [0.2, 0.25) is 0 Å². The van der Waals surface area contributed by atoms with E-state index in [4.69, 9.17) is 11.6 Å². The van der Waals surface area contributed by atoms with Crippen LogP contribution in [0.4, 0.5) is 5.69 Å². The normalized spacial score (nSPS) is 11.7. The van der Waals surface area contributed by atoms with Crippen LogP contribution in [-0.4, -0.2) is 9.99 Å². The van der Waals surface area contributed by atoms with Gasteiger partial charge >= 0.3 is 0 Å². The predicted octanol–water partition coefficient (Wildman–Crippen LogP) is 6.89. The molecular formula is C28H24ClNO2S. The van der Waals surface area contributed by atoms with Gasteiger partial charge in [0.05, 0.1) is 4.90 Å². The van der Waals surface area contributed by atoms with Crippen LogP contribution in [0.5, 0.6) is 0 Å². The first-order valence-electron chi connectivity index (χ1n) is 10.8. The number of halogens is 1. The molecule has 0 fully saturated rings. The Balaban J connectivity index is 1.36. The van der Waals surface area contributed by atoms with Gasteiger partial charge in [-0.3, -0.25) is 4.79 Å². The van der Waals surface area contributed by atoms with E-state index >= 15 is 0 Å². The lowest BCUT2D eigenvalue weighted by molar-refractivity contribution is -0.118. The monoisotopic (exact) mass is 473 g/mol. The van der Waals surface area contributed by atoms with Gasteiger partial charge in [-0.25, -0.2) is 4.21 Å². The molecule has 3 nitrogen and oxygen atoms in total. The third-order valence-electron chi connectivity index (χ3n) is 5.34. The SMILES string of the molecule is O=C(CCc1ccc(Cl)cc1)Cc1ccc(NS(=O)c2ccccc2-c2ccccc2)cc1. The Bertz CT molecular complexity index is 1240. The Morgan fingerprint density at radius 1 is 0.758 bits per heavy atom. The maximum Gasteiger partial charge on any atom is 0.150 e. The Morgan fingerprint density at radius 3 is 2.12 bits per heavy atom. The molecule has 1 N–H and O–H groups in total. The first-order valence-corrected chi connectivity index (χ1v) is 12.3. The molecular weight excluding hydrogens is 450 g/mol. The van der Waals surface area contributed by atoms with Crippen LogP contribution >= 0.6 is 11.6 Å². The van der Waals surface area contributed by atoms with Gasteiger partial charge < -0.3 is 4.72 Å². The molecule has 0 saturated carbocycles. The summed E-state index contributed by atoms with van der Waals surface area (Å²) in [6.45, 7) is 0. The minimum absolute atomic E-state index is 0.186. The highest BCUT2D eigenvalue weighted by Gasteiger charge is 2.12. The van der Waals surface area contributed by atoms with Crippen molar-refractivity contribution in [3.05, 3.63) is 119 Å². The quantitative estimate of drug-likeness (QED) is 0.288. The second-order valence-corrected chi connectivity index (χ2v) is 9.39. The number of ketones is 1. The zero-order valence-electron chi connectivity index (χ0n) is 18.0. The van der Waals surface area contributed by atoms with E-state index in [1.165, 1.54) is 0 Å². The van der Waals surface area contributed by atoms with Crippen LogP contribution in [0.3, 0.4) is 0 Å². The van der Waals surface area contributed by atoms with Crippen LogP contribution < -0.4 is 4.72 Å². The van der Waals surface area contributed by atoms with Crippen molar-refractivity contribution in [2.75, 3.05) is 4.72 Å². The molecule has 33 heavy (non-hydrogen) atoms. The molecule has 1 unspecified atom stereocenters. The molecule has 0 heterocycles. The summed E-state index contributed by atoms with van der Waals surface area (Å²) in [5, 5.41) is 0.697. The first kappa shape index (κ1) is 23.0. The fourth-order valence-electron chi connectivity index (χ4n) is 3.59. The summed E-state index contributed by atoms with van der Waals surface area (Å²) in [6, 6.07) is 32.7. The van der Waals surface area contributed by atoms with Crippen molar-refractivity contribution in [3.63, 3.8) is 0 Å². The lowest BCUT2D eigenvalue weighted by Gasteiger charge is -2.11. The molecule has 0 spiro atoms. The van der Waals surface area contributed by atoms with E-state index in [1.807, 2.05) is 103 Å². The van der Waals surface area contributed by atoms with Crippen molar-refractivity contribution >= 4 is 34.1 Å². The molecule has 4 rings (SSSR count). The van der Waals surface area contributed by atoms with Crippen molar-refractivity contribution in [3.8, 4) is 11.1 Å². The first-order chi connectivity index (χ1) is 16.1. The van der Waals surface area contributed by atoms with Gasteiger partial charge in [0.1, 0.15) is 5.78 Å². The van der Waals surface area contributed by atoms with E-state index in [1.54, 1.807) is 0 Å². The molecule has 166 valence electrons. The van der Waals surface area contributed by atoms with Crippen LogP contribution in [0, 0.1) is 0 Å². The Hall–Kier alpha value is -3.21. The van der Waals surface area contributed by atoms with Gasteiger partial charge in [-0.1, -0.05) is 84.4 Å². The van der Waals surface area contributed by atoms with Crippen molar-refractivity contribution in [1.82, 2.24) is 0 Å². The third-order valence-corrected chi connectivity index (χ3v) is 6.77. The van der Waals surface area contributed by atoms with Gasteiger partial charge in [-0.2, -0.15) is 0 Å². The number of aryl methyl sites for hydroxylation is 1. The Labute approximate surface area is 202 Å². The molecule has 4 aromatic carbocycles. The number of carbonyl (C=O) groups is 1. The maximum atomic E-state index is 13.0. The fourth-order valence-corrected chi connectivity index (χ4v) is 4.76. The topological polar surface area (TPSA) is 46.2 Å². The van der Waals surface area contributed by atoms with Crippen LogP contribution in [0.1, 0.15) is 17.5 Å². The average molecular weight is 474 g/mol. The molecule has 0 amide bonds. The molecule has 1 atom stereocenters. The van der Waals surface area contributed by atoms with E-state index in [2.05, 4.69) is 4.72 Å². The van der Waals surface area contributed by atoms with Crippen molar-refractivity contribution in [1.29, 1.82) is 0 Å². The van der Waals surface area contributed by atoms with Crippen LogP contribution in [0.25, 0.3) is 11.1 Å². The highest BCUT2D eigenvalue weighted by molar-refractivity contribution is 7.86. The van der Waals surface area contributed by atoms with E-state index in [0.717, 1.165) is 32.8 Å². The highest BCUT2D eigenvalue weighted by atomic mass is 35.5. The van der Waals surface area contributed by atoms with Gasteiger partial charge in [-0.05, 0) is 59.0 Å². The molecule has 0 aliphatic heterocycles. The molecule has 0 aliphatic rings. The molecule has 5 heteroatoms. The third kappa shape index (κ3) is 6.41. The number of benzene rings is 4. The van der Waals surface area contributed by atoms with E-state index in [0.29, 0.717) is 24.3 Å². The predicted molar refractivity (Wildman–Crippen MR) is 137 cm³/mol. The standard InChI is InChI=1S/C28H24ClNO2S/c29-24-15-10-21(11-16-24)14-19-26(31)20-22-12-17-25(18-13-22)30-33(32)28-9-5-4-8-27(28)23-6-2-1-3-7-23/h1-13,15-18,30H,14,19-20H2. The zero-order valence-corrected chi connectivity index (χ0v) is 19.6. The van der Waals surface area contributed by atoms with Gasteiger partial charge in [0.15, 0.2) is 11.0 Å². The summed E-state index contributed by atoms with van der Waals surface area (Å²) >= 11 is 5.91. The molecule has 0 bridgehead atoms. The molecule has 0 aromatic heterocycles. The number of Topliss-reactive ketones (excluding diaryl/α,β-unsaturated/α-hetero) is 1. The van der Waals surface area contributed by atoms with Crippen molar-refractivity contribution in [2.24, 2.45) is 0 Å². The number of rotatable bonds is 9. The summed E-state index contributed by atoms with van der Waals surface area (Å²) < 4.78 is 16.1. The number of carbonyl (C=O) groups excluding carboxylic acids is 1. The summed E-state index contributed by atoms with van der Waals surface area (Å²) in [5.41, 5.74) is 4.75. The van der Waals surface area contributed by atoms with Crippen LogP contribution in [0.15, 0.2) is 108 Å².